The fourth-order valence-corrected chi connectivity index (χ4v) is 2.96. The third kappa shape index (κ3) is 5.38. The molecule has 0 radical (unpaired) electrons. The van der Waals surface area contributed by atoms with Crippen LogP contribution in [0.2, 0.25) is 0 Å². The molecule has 0 aliphatic heterocycles. The van der Waals surface area contributed by atoms with E-state index in [1.165, 1.54) is 18.9 Å². The molecular weight excluding hydrogens is 325 g/mol. The van der Waals surface area contributed by atoms with Gasteiger partial charge in [-0.05, 0) is 6.07 Å². The Kier molecular flexibility index (Phi) is 5.23. The second-order valence-electron chi connectivity index (χ2n) is 3.80. The van der Waals surface area contributed by atoms with Crippen molar-refractivity contribution in [3.05, 3.63) is 23.9 Å². The lowest BCUT2D eigenvalue weighted by Gasteiger charge is -2.05. The van der Waals surface area contributed by atoms with E-state index in [1.54, 1.807) is 6.07 Å². The first-order valence-corrected chi connectivity index (χ1v) is 7.53. The largest absolute Gasteiger partial charge is 0.481 e. The Balaban J connectivity index is 1.87. The average Bonchev–Trinajstić information content (AvgIpc) is 2.90. The first kappa shape index (κ1) is 15.8. The summed E-state index contributed by atoms with van der Waals surface area (Å²) in [5, 5.41) is 9.81. The van der Waals surface area contributed by atoms with Gasteiger partial charge in [0.25, 0.3) is 0 Å². The highest BCUT2D eigenvalue weighted by atomic mass is 32.2. The van der Waals surface area contributed by atoms with Gasteiger partial charge in [-0.1, -0.05) is 29.2 Å². The van der Waals surface area contributed by atoms with Crippen LogP contribution < -0.4 is 10.1 Å². The molecule has 1 N–H and O–H groups in total. The van der Waals surface area contributed by atoms with E-state index in [0.29, 0.717) is 16.0 Å². The second kappa shape index (κ2) is 6.94. The summed E-state index contributed by atoms with van der Waals surface area (Å²) in [5.74, 6) is 1.04. The van der Waals surface area contributed by atoms with Crippen LogP contribution in [0, 0.1) is 0 Å². The number of aromatic nitrogens is 3. The predicted octanol–water partition coefficient (Wildman–Crippen LogP) is 3.21. The zero-order valence-corrected chi connectivity index (χ0v) is 12.5. The van der Waals surface area contributed by atoms with E-state index in [1.807, 2.05) is 12.1 Å². The summed E-state index contributed by atoms with van der Waals surface area (Å²) < 4.78 is 41.8. The summed E-state index contributed by atoms with van der Waals surface area (Å²) in [6.07, 6.45) is -4.27. The van der Waals surface area contributed by atoms with Crippen LogP contribution in [0.15, 0.2) is 22.5 Å². The SMILES string of the molecule is COc1cccc(CSc2nnc(NCC(F)(F)F)s2)n1. The Hall–Kier alpha value is -1.55. The molecule has 0 bridgehead atoms. The zero-order valence-electron chi connectivity index (χ0n) is 10.8. The molecule has 0 amide bonds. The van der Waals surface area contributed by atoms with Gasteiger partial charge < -0.3 is 10.1 Å². The fourth-order valence-electron chi connectivity index (χ4n) is 1.30. The third-order valence-corrected chi connectivity index (χ3v) is 4.23. The number of nitrogens with one attached hydrogen (secondary N) is 1. The molecule has 2 aromatic heterocycles. The smallest absolute Gasteiger partial charge is 0.405 e. The molecule has 2 aromatic rings. The van der Waals surface area contributed by atoms with Gasteiger partial charge in [0.1, 0.15) is 6.54 Å². The highest BCUT2D eigenvalue weighted by molar-refractivity contribution is 8.00. The summed E-state index contributed by atoms with van der Waals surface area (Å²) in [7, 11) is 1.53. The number of halogens is 3. The van der Waals surface area contributed by atoms with Crippen LogP contribution in [0.4, 0.5) is 18.3 Å². The quantitative estimate of drug-likeness (QED) is 0.818. The van der Waals surface area contributed by atoms with Crippen molar-refractivity contribution in [2.45, 2.75) is 16.3 Å². The van der Waals surface area contributed by atoms with Crippen LogP contribution in [0.25, 0.3) is 0 Å². The molecule has 0 unspecified atom stereocenters. The highest BCUT2D eigenvalue weighted by Crippen LogP contribution is 2.28. The molecule has 0 saturated carbocycles. The van der Waals surface area contributed by atoms with Crippen LogP contribution in [0.3, 0.4) is 0 Å². The maximum atomic E-state index is 12.1. The zero-order chi connectivity index (χ0) is 15.3. The van der Waals surface area contributed by atoms with Crippen molar-refractivity contribution < 1.29 is 17.9 Å². The average molecular weight is 336 g/mol. The van der Waals surface area contributed by atoms with E-state index >= 15 is 0 Å². The number of nitrogens with zero attached hydrogens (tertiary/aromatic N) is 3. The van der Waals surface area contributed by atoms with Crippen molar-refractivity contribution in [2.24, 2.45) is 0 Å². The van der Waals surface area contributed by atoms with Gasteiger partial charge in [0.15, 0.2) is 4.34 Å². The minimum Gasteiger partial charge on any atom is -0.481 e. The van der Waals surface area contributed by atoms with Gasteiger partial charge >= 0.3 is 6.18 Å². The number of rotatable bonds is 6. The lowest BCUT2D eigenvalue weighted by molar-refractivity contribution is -0.115. The van der Waals surface area contributed by atoms with Gasteiger partial charge in [-0.3, -0.25) is 0 Å². The minimum atomic E-state index is -4.27. The fraction of sp³-hybridized carbons (Fsp3) is 0.364. The van der Waals surface area contributed by atoms with Crippen molar-refractivity contribution in [1.29, 1.82) is 0 Å². The number of thioether (sulfide) groups is 1. The summed E-state index contributed by atoms with van der Waals surface area (Å²) in [6, 6.07) is 5.38. The highest BCUT2D eigenvalue weighted by Gasteiger charge is 2.27. The van der Waals surface area contributed by atoms with Crippen LogP contribution in [0.1, 0.15) is 5.69 Å². The number of methoxy groups -OCH3 is 1. The molecule has 21 heavy (non-hydrogen) atoms. The van der Waals surface area contributed by atoms with Gasteiger partial charge in [0, 0.05) is 11.8 Å². The number of alkyl halides is 3. The van der Waals surface area contributed by atoms with Crippen molar-refractivity contribution in [3.8, 4) is 5.88 Å². The molecule has 0 fully saturated rings. The molecule has 114 valence electrons. The molecule has 0 atom stereocenters. The van der Waals surface area contributed by atoms with E-state index in [2.05, 4.69) is 20.5 Å². The van der Waals surface area contributed by atoms with Crippen LogP contribution in [-0.2, 0) is 5.75 Å². The summed E-state index contributed by atoms with van der Waals surface area (Å²) in [4.78, 5) is 4.23. The molecule has 0 spiro atoms. The Morgan fingerprint density at radius 2 is 2.14 bits per heavy atom. The molecule has 0 aromatic carbocycles. The van der Waals surface area contributed by atoms with E-state index < -0.39 is 12.7 Å². The molecule has 0 saturated heterocycles. The Morgan fingerprint density at radius 1 is 1.33 bits per heavy atom. The second-order valence-corrected chi connectivity index (χ2v) is 6.00. The Bertz CT molecular complexity index is 591. The summed E-state index contributed by atoms with van der Waals surface area (Å²) in [5.41, 5.74) is 0.791. The van der Waals surface area contributed by atoms with Crippen LogP contribution in [-0.4, -0.2) is 35.0 Å². The molecule has 2 rings (SSSR count). The van der Waals surface area contributed by atoms with Gasteiger partial charge in [-0.25, -0.2) is 4.98 Å². The van der Waals surface area contributed by atoms with Crippen molar-refractivity contribution in [2.75, 3.05) is 19.0 Å². The van der Waals surface area contributed by atoms with Crippen molar-refractivity contribution in [3.63, 3.8) is 0 Å². The van der Waals surface area contributed by atoms with Crippen LogP contribution in [0.5, 0.6) is 5.88 Å². The molecule has 10 heteroatoms. The summed E-state index contributed by atoms with van der Waals surface area (Å²) >= 11 is 2.43. The first-order chi connectivity index (χ1) is 9.96. The van der Waals surface area contributed by atoms with Crippen molar-refractivity contribution >= 4 is 28.2 Å². The number of pyridine rings is 1. The van der Waals surface area contributed by atoms with Crippen molar-refractivity contribution in [1.82, 2.24) is 15.2 Å². The summed E-state index contributed by atoms with van der Waals surface area (Å²) in [6.45, 7) is -1.12. The van der Waals surface area contributed by atoms with Gasteiger partial charge in [-0.2, -0.15) is 13.2 Å². The first-order valence-electron chi connectivity index (χ1n) is 5.73. The maximum absolute atomic E-state index is 12.1. The van der Waals surface area contributed by atoms with Gasteiger partial charge in [0.2, 0.25) is 11.0 Å². The van der Waals surface area contributed by atoms with E-state index in [0.717, 1.165) is 17.0 Å². The number of anilines is 1. The third-order valence-electron chi connectivity index (χ3n) is 2.18. The topological polar surface area (TPSA) is 59.9 Å². The van der Waals surface area contributed by atoms with Gasteiger partial charge in [-0.15, -0.1) is 10.2 Å². The van der Waals surface area contributed by atoms with E-state index in [4.69, 9.17) is 4.74 Å². The maximum Gasteiger partial charge on any atom is 0.405 e. The Morgan fingerprint density at radius 3 is 2.86 bits per heavy atom. The lowest BCUT2D eigenvalue weighted by atomic mass is 10.4. The lowest BCUT2D eigenvalue weighted by Crippen LogP contribution is -2.21. The molecule has 5 nitrogen and oxygen atoms in total. The minimum absolute atomic E-state index is 0.147. The number of hydrogen-bond acceptors (Lipinski definition) is 7. The molecule has 2 heterocycles. The number of hydrogen-bond donors (Lipinski definition) is 1. The number of ether oxygens (including phenoxy) is 1. The molecule has 0 aliphatic rings. The van der Waals surface area contributed by atoms with E-state index in [-0.39, 0.29) is 5.13 Å². The molecular formula is C11H11F3N4OS2. The Labute approximate surface area is 126 Å². The molecule has 0 aliphatic carbocycles. The van der Waals surface area contributed by atoms with E-state index in [9.17, 15) is 13.2 Å². The standard InChI is InChI=1S/C11H11F3N4OS2/c1-19-8-4-2-3-7(16-8)5-20-10-18-17-9(21-10)15-6-11(12,13)14/h2-4H,5-6H2,1H3,(H,15,17). The predicted molar refractivity (Wildman–Crippen MR) is 74.8 cm³/mol. The van der Waals surface area contributed by atoms with Gasteiger partial charge in [0.05, 0.1) is 12.8 Å². The normalized spacial score (nSPS) is 11.4. The van der Waals surface area contributed by atoms with Crippen LogP contribution >= 0.6 is 23.1 Å². The monoisotopic (exact) mass is 336 g/mol.